The third-order valence-electron chi connectivity index (χ3n) is 6.94. The summed E-state index contributed by atoms with van der Waals surface area (Å²) in [5, 5.41) is 15.3. The van der Waals surface area contributed by atoms with Crippen LogP contribution in [0.25, 0.3) is 10.8 Å². The number of ether oxygens (including phenoxy) is 2. The largest absolute Gasteiger partial charge is 0.506 e. The highest BCUT2D eigenvalue weighted by atomic mass is 35.5. The first-order chi connectivity index (χ1) is 20.9. The lowest BCUT2D eigenvalue weighted by molar-refractivity contribution is -0.134. The maximum absolute atomic E-state index is 12.9. The Bertz CT molecular complexity index is 1650. The molecule has 10 nitrogen and oxygen atoms in total. The van der Waals surface area contributed by atoms with E-state index in [1.807, 2.05) is 54.6 Å². The first kappa shape index (κ1) is 29.4. The van der Waals surface area contributed by atoms with Crippen LogP contribution in [0.2, 0.25) is 5.02 Å². The van der Waals surface area contributed by atoms with Gasteiger partial charge in [-0.25, -0.2) is 10.2 Å². The van der Waals surface area contributed by atoms with Crippen LogP contribution in [0.1, 0.15) is 21.5 Å². The topological polar surface area (TPSA) is 121 Å². The van der Waals surface area contributed by atoms with Gasteiger partial charge in [0.1, 0.15) is 18.1 Å². The molecule has 0 spiro atoms. The Morgan fingerprint density at radius 2 is 1.58 bits per heavy atom. The van der Waals surface area contributed by atoms with Crippen molar-refractivity contribution < 1.29 is 29.0 Å². The highest BCUT2D eigenvalue weighted by Gasteiger charge is 2.25. The zero-order valence-electron chi connectivity index (χ0n) is 23.1. The zero-order valence-corrected chi connectivity index (χ0v) is 23.9. The Hall–Kier alpha value is -5.09. The van der Waals surface area contributed by atoms with Crippen LogP contribution in [0, 0.1) is 0 Å². The Kier molecular flexibility index (Phi) is 9.38. The van der Waals surface area contributed by atoms with Gasteiger partial charge in [0, 0.05) is 42.7 Å². The minimum absolute atomic E-state index is 0.0678. The molecular weight excluding hydrogens is 572 g/mol. The number of aromatic hydroxyl groups is 1. The summed E-state index contributed by atoms with van der Waals surface area (Å²) in [6.45, 7) is 1.59. The highest BCUT2D eigenvalue weighted by Crippen LogP contribution is 2.28. The molecule has 220 valence electrons. The molecule has 0 bridgehead atoms. The molecule has 2 N–H and O–H groups in total. The lowest BCUT2D eigenvalue weighted by Crippen LogP contribution is -2.51. The molecule has 0 atom stereocenters. The number of nitrogens with one attached hydrogen (secondary N) is 1. The fourth-order valence-electron chi connectivity index (χ4n) is 4.59. The molecule has 1 aliphatic heterocycles. The van der Waals surface area contributed by atoms with E-state index in [2.05, 4.69) is 10.5 Å². The molecule has 4 aromatic rings. The lowest BCUT2D eigenvalue weighted by Gasteiger charge is -2.34. The number of carbonyl (C=O) groups excluding carboxylic acids is 3. The molecule has 0 unspecified atom stereocenters. The van der Waals surface area contributed by atoms with Crippen molar-refractivity contribution in [2.24, 2.45) is 5.10 Å². The summed E-state index contributed by atoms with van der Waals surface area (Å²) in [5.74, 6) is -0.238. The Balaban J connectivity index is 1.14. The molecule has 5 rings (SSSR count). The predicted molar refractivity (Wildman–Crippen MR) is 162 cm³/mol. The average molecular weight is 601 g/mol. The number of benzene rings is 4. The van der Waals surface area contributed by atoms with Gasteiger partial charge in [-0.15, -0.1) is 0 Å². The number of hydrogen-bond acceptors (Lipinski definition) is 7. The van der Waals surface area contributed by atoms with Crippen molar-refractivity contribution >= 4 is 46.5 Å². The van der Waals surface area contributed by atoms with E-state index in [0.29, 0.717) is 31.9 Å². The van der Waals surface area contributed by atoms with E-state index in [0.717, 1.165) is 21.9 Å². The van der Waals surface area contributed by atoms with Gasteiger partial charge in [0.2, 0.25) is 0 Å². The number of fused-ring (bicyclic) bond motifs is 1. The van der Waals surface area contributed by atoms with Gasteiger partial charge in [0.25, 0.3) is 11.8 Å². The van der Waals surface area contributed by atoms with E-state index >= 15 is 0 Å². The number of nitrogens with zero attached hydrogens (tertiary/aromatic N) is 3. The second-order valence-corrected chi connectivity index (χ2v) is 10.2. The predicted octanol–water partition coefficient (Wildman–Crippen LogP) is 4.82. The van der Waals surface area contributed by atoms with Crippen LogP contribution >= 0.6 is 11.6 Å². The number of amides is 3. The van der Waals surface area contributed by atoms with Crippen LogP contribution in [0.4, 0.5) is 4.79 Å². The van der Waals surface area contributed by atoms with Crippen molar-refractivity contribution in [1.29, 1.82) is 0 Å². The third kappa shape index (κ3) is 7.41. The van der Waals surface area contributed by atoms with Gasteiger partial charge in [-0.2, -0.15) is 5.10 Å². The normalized spacial score (nSPS) is 13.2. The summed E-state index contributed by atoms with van der Waals surface area (Å²) >= 11 is 5.88. The molecule has 0 radical (unpaired) electrons. The van der Waals surface area contributed by atoms with Gasteiger partial charge in [0.05, 0.1) is 11.2 Å². The Labute approximate surface area is 253 Å². The van der Waals surface area contributed by atoms with Crippen molar-refractivity contribution in [2.75, 3.05) is 32.8 Å². The molecule has 0 aliphatic carbocycles. The molecule has 43 heavy (non-hydrogen) atoms. The van der Waals surface area contributed by atoms with Crippen molar-refractivity contribution in [3.63, 3.8) is 0 Å². The van der Waals surface area contributed by atoms with Gasteiger partial charge >= 0.3 is 6.09 Å². The van der Waals surface area contributed by atoms with Gasteiger partial charge in [-0.05, 0) is 41.3 Å². The first-order valence-electron chi connectivity index (χ1n) is 13.6. The molecular formula is C32H29ClN4O6. The molecule has 0 aromatic heterocycles. The number of halogens is 1. The van der Waals surface area contributed by atoms with Crippen LogP contribution < -0.4 is 10.2 Å². The van der Waals surface area contributed by atoms with E-state index in [-0.39, 0.29) is 35.5 Å². The maximum Gasteiger partial charge on any atom is 0.410 e. The number of piperazine rings is 1. The number of phenols is 1. The van der Waals surface area contributed by atoms with E-state index in [9.17, 15) is 19.5 Å². The van der Waals surface area contributed by atoms with E-state index in [1.54, 1.807) is 21.9 Å². The van der Waals surface area contributed by atoms with Gasteiger partial charge < -0.3 is 24.4 Å². The Morgan fingerprint density at radius 1 is 0.884 bits per heavy atom. The number of rotatable bonds is 8. The van der Waals surface area contributed by atoms with Crippen molar-refractivity contribution in [3.05, 3.63) is 107 Å². The van der Waals surface area contributed by atoms with Crippen LogP contribution in [-0.4, -0.2) is 71.8 Å². The van der Waals surface area contributed by atoms with Crippen molar-refractivity contribution in [3.8, 4) is 11.5 Å². The molecule has 1 heterocycles. The molecule has 1 aliphatic rings. The quantitative estimate of drug-likeness (QED) is 0.221. The van der Waals surface area contributed by atoms with Crippen molar-refractivity contribution in [2.45, 2.75) is 6.61 Å². The molecule has 0 saturated carbocycles. The van der Waals surface area contributed by atoms with E-state index in [4.69, 9.17) is 21.1 Å². The average Bonchev–Trinajstić information content (AvgIpc) is 3.04. The van der Waals surface area contributed by atoms with Crippen molar-refractivity contribution in [1.82, 2.24) is 15.2 Å². The fourth-order valence-corrected chi connectivity index (χ4v) is 4.77. The minimum Gasteiger partial charge on any atom is -0.506 e. The summed E-state index contributed by atoms with van der Waals surface area (Å²) < 4.78 is 11.3. The van der Waals surface area contributed by atoms with Crippen LogP contribution in [0.5, 0.6) is 11.5 Å². The monoisotopic (exact) mass is 600 g/mol. The van der Waals surface area contributed by atoms with E-state index < -0.39 is 12.0 Å². The van der Waals surface area contributed by atoms with Crippen LogP contribution in [0.15, 0.2) is 90.0 Å². The second kappa shape index (κ2) is 13.7. The minimum atomic E-state index is -0.481. The number of hydrogen-bond donors (Lipinski definition) is 2. The highest BCUT2D eigenvalue weighted by molar-refractivity contribution is 6.32. The third-order valence-corrected chi connectivity index (χ3v) is 7.25. The summed E-state index contributed by atoms with van der Waals surface area (Å²) in [6, 6.07) is 24.6. The summed E-state index contributed by atoms with van der Waals surface area (Å²) in [6.07, 6.45) is 1.12. The smallest absolute Gasteiger partial charge is 0.410 e. The SMILES string of the molecule is O=C(NN=Cc1ccc(OCC(=O)N2CCN(C(=O)OCc3ccccc3)CC2)c2ccccc12)c1ccc(O)c(Cl)c1. The molecule has 1 fully saturated rings. The number of carbonyl (C=O) groups is 3. The summed E-state index contributed by atoms with van der Waals surface area (Å²) in [4.78, 5) is 41.0. The zero-order chi connectivity index (χ0) is 30.2. The maximum atomic E-state index is 12.9. The van der Waals surface area contributed by atoms with Gasteiger partial charge in [0.15, 0.2) is 6.61 Å². The van der Waals surface area contributed by atoms with Gasteiger partial charge in [-0.1, -0.05) is 66.2 Å². The van der Waals surface area contributed by atoms with Crippen LogP contribution in [-0.2, 0) is 16.1 Å². The molecule has 4 aromatic carbocycles. The number of hydrazone groups is 1. The molecule has 1 saturated heterocycles. The van der Waals surface area contributed by atoms with Gasteiger partial charge in [-0.3, -0.25) is 9.59 Å². The lowest BCUT2D eigenvalue weighted by atomic mass is 10.0. The molecule has 11 heteroatoms. The Morgan fingerprint density at radius 3 is 2.33 bits per heavy atom. The fraction of sp³-hybridized carbons (Fsp3) is 0.188. The molecule has 3 amide bonds. The number of phenolic OH excluding ortho intramolecular Hbond substituents is 1. The van der Waals surface area contributed by atoms with Crippen LogP contribution in [0.3, 0.4) is 0 Å². The summed E-state index contributed by atoms with van der Waals surface area (Å²) in [7, 11) is 0. The summed E-state index contributed by atoms with van der Waals surface area (Å²) in [5.41, 5.74) is 4.35. The first-order valence-corrected chi connectivity index (χ1v) is 14.0. The van der Waals surface area contributed by atoms with E-state index in [1.165, 1.54) is 24.4 Å². The second-order valence-electron chi connectivity index (χ2n) is 9.76. The standard InChI is InChI=1S/C32H29ClN4O6/c33-27-18-23(10-12-28(27)38)31(40)35-34-19-24-11-13-29(26-9-5-4-8-25(24)26)42-21-30(39)36-14-16-37(17-15-36)32(41)43-20-22-6-2-1-3-7-22/h1-13,18-19,38H,14-17,20-21H2,(H,35,40).